The van der Waals surface area contributed by atoms with Crippen LogP contribution < -0.4 is 0 Å². The second-order valence-electron chi connectivity index (χ2n) is 14.6. The second kappa shape index (κ2) is 28.8. The highest BCUT2D eigenvalue weighted by Crippen LogP contribution is 2.60. The van der Waals surface area contributed by atoms with E-state index >= 15 is 0 Å². The standard InChI is InChI=1S/C25H33N2O2PS2.C15H30N3O2PS2.C2H6/c1-20(2)27(21(3)4)30(28-18-11-17-26)29-24-16-19-31-32-25(24,22-12-7-5-8-13-22)23-14-9-6-10-15-23;1-12(2)18(13(3)4)21(19-9-7-8-16)20-15-11-23-22-10-14(15)17(5)6;1-2/h5-10,12-15,20-21,24H,11,16,18-19H2,1-4H3;12-15H,7,9-11H2,1-6H3;1-2H3/t24-,30?;14-,15+,21?;/m11./s1. The SMILES string of the molecule is CC.CC(C)N(C(C)C)P(OCCC#N)O[C@@H]1CCSSC1(c1ccccc1)c1ccccc1.CC(C)N(C(C)C)P(OCCC#N)O[C@H]1CSSC[C@H]1N(C)C. The van der Waals surface area contributed by atoms with Crippen molar-refractivity contribution in [2.75, 3.05) is 44.6 Å². The quantitative estimate of drug-likeness (QED) is 0.0761. The molecule has 0 bridgehead atoms. The van der Waals surface area contributed by atoms with Crippen molar-refractivity contribution in [1.82, 2.24) is 14.2 Å². The smallest absolute Gasteiger partial charge is 0.259 e. The molecule has 2 aromatic carbocycles. The van der Waals surface area contributed by atoms with Gasteiger partial charge in [0, 0.05) is 47.5 Å². The van der Waals surface area contributed by atoms with Gasteiger partial charge in [0.15, 0.2) is 0 Å². The molecule has 57 heavy (non-hydrogen) atoms. The van der Waals surface area contributed by atoms with Crippen molar-refractivity contribution in [1.29, 1.82) is 10.5 Å². The van der Waals surface area contributed by atoms with E-state index in [0.29, 0.717) is 44.2 Å². The van der Waals surface area contributed by atoms with Crippen molar-refractivity contribution in [3.63, 3.8) is 0 Å². The Bertz CT molecular complexity index is 1380. The highest BCUT2D eigenvalue weighted by molar-refractivity contribution is 8.77. The van der Waals surface area contributed by atoms with Gasteiger partial charge in [-0.05, 0) is 87.0 Å². The van der Waals surface area contributed by atoms with Gasteiger partial charge in [0.2, 0.25) is 0 Å². The zero-order valence-electron chi connectivity index (χ0n) is 36.4. The van der Waals surface area contributed by atoms with Crippen molar-refractivity contribution in [2.45, 2.75) is 136 Å². The molecule has 320 valence electrons. The van der Waals surface area contributed by atoms with Crippen LogP contribution in [0.2, 0.25) is 0 Å². The molecule has 9 nitrogen and oxygen atoms in total. The maximum absolute atomic E-state index is 9.05. The van der Waals surface area contributed by atoms with E-state index in [0.717, 1.165) is 23.7 Å². The Balaban J connectivity index is 0.000000397. The summed E-state index contributed by atoms with van der Waals surface area (Å²) in [5, 5.41) is 17.8. The Morgan fingerprint density at radius 2 is 1.12 bits per heavy atom. The molecule has 0 radical (unpaired) electrons. The summed E-state index contributed by atoms with van der Waals surface area (Å²) in [7, 11) is 9.34. The molecule has 2 aromatic rings. The highest BCUT2D eigenvalue weighted by atomic mass is 33.1. The minimum Gasteiger partial charge on any atom is -0.321 e. The van der Waals surface area contributed by atoms with Crippen LogP contribution in [-0.2, 0) is 22.8 Å². The van der Waals surface area contributed by atoms with Crippen LogP contribution in [0.4, 0.5) is 0 Å². The fourth-order valence-corrected chi connectivity index (χ4v) is 16.2. The summed E-state index contributed by atoms with van der Waals surface area (Å²) in [6.07, 6.45) is 1.81. The first-order valence-corrected chi connectivity index (χ1v) is 27.3. The fraction of sp³-hybridized carbons (Fsp3) is 0.667. The lowest BCUT2D eigenvalue weighted by molar-refractivity contribution is 0.0936. The molecule has 2 aliphatic rings. The van der Waals surface area contributed by atoms with Crippen molar-refractivity contribution in [2.24, 2.45) is 0 Å². The summed E-state index contributed by atoms with van der Waals surface area (Å²) in [4.78, 5) is 2.25. The van der Waals surface area contributed by atoms with E-state index in [1.54, 1.807) is 0 Å². The second-order valence-corrected chi connectivity index (χ2v) is 22.6. The number of nitrogens with zero attached hydrogens (tertiary/aromatic N) is 5. The Morgan fingerprint density at radius 3 is 1.54 bits per heavy atom. The maximum atomic E-state index is 9.05. The zero-order chi connectivity index (χ0) is 42.4. The zero-order valence-corrected chi connectivity index (χ0v) is 41.4. The number of likely N-dealkylation sites (N-methyl/N-ethyl adjacent to an activating group) is 1. The van der Waals surface area contributed by atoms with Crippen LogP contribution in [0.5, 0.6) is 0 Å². The first kappa shape index (κ1) is 52.5. The molecule has 2 aliphatic heterocycles. The molecule has 2 saturated heterocycles. The average molecular weight is 898 g/mol. The molecule has 15 heteroatoms. The van der Waals surface area contributed by atoms with Gasteiger partial charge in [-0.1, -0.05) is 118 Å². The average Bonchev–Trinajstić information content (AvgIpc) is 3.19. The van der Waals surface area contributed by atoms with Gasteiger partial charge in [0.05, 0.1) is 50.4 Å². The van der Waals surface area contributed by atoms with Crippen molar-refractivity contribution in [3.8, 4) is 12.1 Å². The predicted octanol–water partition coefficient (Wildman–Crippen LogP) is 12.4. The number of hydrogen-bond acceptors (Lipinski definition) is 13. The molecule has 2 fully saturated rings. The van der Waals surface area contributed by atoms with E-state index in [2.05, 4.69) is 157 Å². The van der Waals surface area contributed by atoms with Crippen LogP contribution in [0.25, 0.3) is 0 Å². The number of hydrogen-bond donors (Lipinski definition) is 0. The summed E-state index contributed by atoms with van der Waals surface area (Å²) >= 11 is 0. The summed E-state index contributed by atoms with van der Waals surface area (Å²) in [5.74, 6) is 3.06. The Hall–Kier alpha value is -0.600. The molecule has 0 spiro atoms. The van der Waals surface area contributed by atoms with Gasteiger partial charge in [-0.3, -0.25) is 0 Å². The topological polar surface area (TPSA) is 94.2 Å². The third-order valence-electron chi connectivity index (χ3n) is 8.93. The first-order valence-electron chi connectivity index (χ1n) is 20.2. The lowest BCUT2D eigenvalue weighted by Crippen LogP contribution is -2.46. The molecule has 4 rings (SSSR count). The van der Waals surface area contributed by atoms with E-state index in [-0.39, 0.29) is 29.0 Å². The van der Waals surface area contributed by atoms with E-state index in [4.69, 9.17) is 28.6 Å². The first-order chi connectivity index (χ1) is 27.4. The van der Waals surface area contributed by atoms with Gasteiger partial charge in [0.1, 0.15) is 4.75 Å². The Kier molecular flexibility index (Phi) is 26.6. The molecule has 0 aromatic heterocycles. The molecule has 0 aliphatic carbocycles. The molecular weight excluding hydrogens is 829 g/mol. The highest BCUT2D eigenvalue weighted by Gasteiger charge is 2.48. The van der Waals surface area contributed by atoms with Gasteiger partial charge in [-0.2, -0.15) is 10.5 Å². The monoisotopic (exact) mass is 897 g/mol. The molecule has 2 heterocycles. The fourth-order valence-electron chi connectivity index (χ4n) is 6.53. The molecular formula is C42H69N5O4P2S4. The summed E-state index contributed by atoms with van der Waals surface area (Å²) in [5.41, 5.74) is 2.50. The van der Waals surface area contributed by atoms with Crippen LogP contribution in [0.15, 0.2) is 60.7 Å². The molecule has 0 amide bonds. The normalized spacial score (nSPS) is 20.5. The van der Waals surface area contributed by atoms with Crippen molar-refractivity contribution >= 4 is 60.2 Å². The minimum atomic E-state index is -1.32. The summed E-state index contributed by atoms with van der Waals surface area (Å²) in [6, 6.07) is 27.4. The molecule has 0 N–H and O–H groups in total. The van der Waals surface area contributed by atoms with E-state index in [1.807, 2.05) is 57.0 Å². The summed E-state index contributed by atoms with van der Waals surface area (Å²) < 4.78 is 30.0. The van der Waals surface area contributed by atoms with Gasteiger partial charge in [-0.15, -0.1) is 0 Å². The third-order valence-corrected chi connectivity index (χ3v) is 18.8. The van der Waals surface area contributed by atoms with Gasteiger partial charge in [-0.25, -0.2) is 9.34 Å². The number of rotatable bonds is 19. The van der Waals surface area contributed by atoms with Crippen LogP contribution >= 0.6 is 60.2 Å². The van der Waals surface area contributed by atoms with E-state index in [9.17, 15) is 0 Å². The summed E-state index contributed by atoms with van der Waals surface area (Å²) in [6.45, 7) is 22.2. The molecule has 2 unspecified atom stereocenters. The van der Waals surface area contributed by atoms with Gasteiger partial charge >= 0.3 is 0 Å². The predicted molar refractivity (Wildman–Crippen MR) is 252 cm³/mol. The number of nitriles is 2. The Morgan fingerprint density at radius 1 is 0.684 bits per heavy atom. The van der Waals surface area contributed by atoms with Gasteiger partial charge in [0.25, 0.3) is 17.1 Å². The Labute approximate surface area is 365 Å². The minimum absolute atomic E-state index is 0.0493. The van der Waals surface area contributed by atoms with E-state index < -0.39 is 17.1 Å². The maximum Gasteiger partial charge on any atom is 0.259 e. The van der Waals surface area contributed by atoms with Crippen molar-refractivity contribution in [3.05, 3.63) is 71.8 Å². The van der Waals surface area contributed by atoms with E-state index in [1.165, 1.54) is 11.1 Å². The molecule has 5 atom stereocenters. The van der Waals surface area contributed by atoms with Crippen LogP contribution in [0.1, 0.15) is 99.6 Å². The lowest BCUT2D eigenvalue weighted by Gasteiger charge is -2.46. The van der Waals surface area contributed by atoms with Crippen LogP contribution in [0, 0.1) is 22.7 Å². The van der Waals surface area contributed by atoms with Crippen LogP contribution in [0.3, 0.4) is 0 Å². The molecule has 0 saturated carbocycles. The third kappa shape index (κ3) is 16.3. The van der Waals surface area contributed by atoms with Crippen molar-refractivity contribution < 1.29 is 18.1 Å². The van der Waals surface area contributed by atoms with Crippen LogP contribution in [-0.4, -0.2) is 101 Å². The number of benzene rings is 2. The largest absolute Gasteiger partial charge is 0.321 e. The lowest BCUT2D eigenvalue weighted by atomic mass is 9.84. The van der Waals surface area contributed by atoms with Gasteiger partial charge < -0.3 is 23.0 Å².